The van der Waals surface area contributed by atoms with Crippen molar-refractivity contribution >= 4 is 0 Å². The second-order valence-electron chi connectivity index (χ2n) is 8.76. The molecule has 0 saturated carbocycles. The van der Waals surface area contributed by atoms with Gasteiger partial charge in [-0.3, -0.25) is 0 Å². The van der Waals surface area contributed by atoms with Crippen molar-refractivity contribution in [2.45, 2.75) is 59.3 Å². The van der Waals surface area contributed by atoms with E-state index in [4.69, 9.17) is 14.2 Å². The second-order valence-corrected chi connectivity index (χ2v) is 8.76. The molecule has 0 aliphatic rings. The Morgan fingerprint density at radius 2 is 1.06 bits per heavy atom. The lowest BCUT2D eigenvalue weighted by atomic mass is 10.0. The zero-order chi connectivity index (χ0) is 24.8. The summed E-state index contributed by atoms with van der Waals surface area (Å²) in [5, 5.41) is 0. The van der Waals surface area contributed by atoms with Crippen LogP contribution in [-0.4, -0.2) is 21.3 Å². The van der Waals surface area contributed by atoms with Crippen LogP contribution in [0.2, 0.25) is 0 Å². The molecule has 0 aliphatic heterocycles. The highest BCUT2D eigenvalue weighted by atomic mass is 16.5. The van der Waals surface area contributed by atoms with Gasteiger partial charge in [-0.15, -0.1) is 0 Å². The Kier molecular flexibility index (Phi) is 12.8. The third-order valence-corrected chi connectivity index (χ3v) is 5.30. The number of ether oxygens (including phenoxy) is 3. The first-order valence-corrected chi connectivity index (χ1v) is 11.6. The Morgan fingerprint density at radius 3 is 1.52 bits per heavy atom. The molecule has 0 atom stereocenters. The maximum atomic E-state index is 5.21. The van der Waals surface area contributed by atoms with Gasteiger partial charge in [-0.2, -0.15) is 0 Å². The second kappa shape index (κ2) is 15.0. The zero-order valence-electron chi connectivity index (χ0n) is 21.9. The summed E-state index contributed by atoms with van der Waals surface area (Å²) < 4.78 is 15.4. The van der Waals surface area contributed by atoms with Gasteiger partial charge in [-0.1, -0.05) is 84.0 Å². The lowest BCUT2D eigenvalue weighted by molar-refractivity contribution is 0.407. The van der Waals surface area contributed by atoms with Gasteiger partial charge in [0.15, 0.2) is 0 Å². The Balaban J connectivity index is 0.000000247. The van der Waals surface area contributed by atoms with Gasteiger partial charge in [0, 0.05) is 0 Å². The van der Waals surface area contributed by atoms with Crippen LogP contribution in [0, 0.1) is 0 Å². The van der Waals surface area contributed by atoms with E-state index in [1.807, 2.05) is 42.5 Å². The number of hydrogen-bond acceptors (Lipinski definition) is 3. The van der Waals surface area contributed by atoms with E-state index in [9.17, 15) is 0 Å². The number of methoxy groups -OCH3 is 3. The van der Waals surface area contributed by atoms with E-state index >= 15 is 0 Å². The van der Waals surface area contributed by atoms with E-state index in [0.717, 1.165) is 17.2 Å². The first-order chi connectivity index (χ1) is 15.7. The van der Waals surface area contributed by atoms with Crippen molar-refractivity contribution in [3.05, 3.63) is 89.5 Å². The largest absolute Gasteiger partial charge is 0.497 e. The van der Waals surface area contributed by atoms with Crippen molar-refractivity contribution in [2.75, 3.05) is 21.3 Å². The summed E-state index contributed by atoms with van der Waals surface area (Å²) in [6.45, 7) is 13.0. The van der Waals surface area contributed by atoms with Crippen LogP contribution < -0.4 is 14.2 Å². The Morgan fingerprint density at radius 1 is 0.485 bits per heavy atom. The van der Waals surface area contributed by atoms with Crippen LogP contribution in [-0.2, 0) is 0 Å². The lowest BCUT2D eigenvalue weighted by Gasteiger charge is -2.10. The van der Waals surface area contributed by atoms with Gasteiger partial charge in [0.1, 0.15) is 17.2 Å². The Bertz CT molecular complexity index is 912. The first kappa shape index (κ1) is 28.1. The van der Waals surface area contributed by atoms with Gasteiger partial charge in [-0.05, 0) is 64.8 Å². The van der Waals surface area contributed by atoms with Gasteiger partial charge in [-0.25, -0.2) is 0 Å². The summed E-state index contributed by atoms with van der Waals surface area (Å²) in [6.07, 6.45) is 0. The molecule has 0 aliphatic carbocycles. The molecule has 0 amide bonds. The van der Waals surface area contributed by atoms with Crippen LogP contribution in [0.25, 0.3) is 0 Å². The van der Waals surface area contributed by atoms with E-state index in [2.05, 4.69) is 71.9 Å². The summed E-state index contributed by atoms with van der Waals surface area (Å²) in [7, 11) is 5.09. The van der Waals surface area contributed by atoms with Crippen LogP contribution in [0.3, 0.4) is 0 Å². The molecule has 0 heterocycles. The lowest BCUT2D eigenvalue weighted by Crippen LogP contribution is -1.92. The molecular weight excluding hydrogens is 408 g/mol. The summed E-state index contributed by atoms with van der Waals surface area (Å²) in [5.74, 6) is 4.56. The predicted octanol–water partition coefficient (Wildman–Crippen LogP) is 8.46. The van der Waals surface area contributed by atoms with E-state index in [-0.39, 0.29) is 0 Å². The van der Waals surface area contributed by atoms with E-state index in [1.54, 1.807) is 21.3 Å². The molecule has 0 N–H and O–H groups in total. The average molecular weight is 451 g/mol. The fraction of sp³-hybridized carbons (Fsp3) is 0.400. The van der Waals surface area contributed by atoms with Crippen molar-refractivity contribution in [1.82, 2.24) is 0 Å². The molecule has 3 heteroatoms. The van der Waals surface area contributed by atoms with E-state index < -0.39 is 0 Å². The van der Waals surface area contributed by atoms with Crippen LogP contribution >= 0.6 is 0 Å². The molecule has 33 heavy (non-hydrogen) atoms. The van der Waals surface area contributed by atoms with Gasteiger partial charge in [0.2, 0.25) is 0 Å². The molecule has 3 nitrogen and oxygen atoms in total. The molecule has 0 saturated heterocycles. The minimum absolute atomic E-state index is 0.533. The summed E-state index contributed by atoms with van der Waals surface area (Å²) >= 11 is 0. The van der Waals surface area contributed by atoms with Gasteiger partial charge in [0.05, 0.1) is 21.3 Å². The molecular formula is C30H42O3. The molecule has 3 rings (SSSR count). The minimum atomic E-state index is 0.533. The van der Waals surface area contributed by atoms with Gasteiger partial charge in [0.25, 0.3) is 0 Å². The molecule has 0 fully saturated rings. The number of benzene rings is 3. The quantitative estimate of drug-likeness (QED) is 0.377. The standard InChI is InChI=1S/3C10H14O/c1-8(2)9-4-6-10(11-3)7-5-9;1-8(2)9-5-4-6-10(7-9)11-3;1-8(2)9-6-4-5-7-10(9)11-3/h3*4-8H,1-3H3. The number of rotatable bonds is 6. The Hall–Kier alpha value is -2.94. The van der Waals surface area contributed by atoms with Crippen molar-refractivity contribution < 1.29 is 14.2 Å². The molecule has 3 aromatic rings. The van der Waals surface area contributed by atoms with Crippen molar-refractivity contribution in [2.24, 2.45) is 0 Å². The smallest absolute Gasteiger partial charge is 0.122 e. The third-order valence-electron chi connectivity index (χ3n) is 5.30. The monoisotopic (exact) mass is 450 g/mol. The normalized spacial score (nSPS) is 10.2. The van der Waals surface area contributed by atoms with Crippen molar-refractivity contribution in [1.29, 1.82) is 0 Å². The average Bonchev–Trinajstić information content (AvgIpc) is 2.84. The summed E-state index contributed by atoms with van der Waals surface area (Å²) in [5.41, 5.74) is 3.95. The van der Waals surface area contributed by atoms with E-state index in [0.29, 0.717) is 17.8 Å². The highest BCUT2D eigenvalue weighted by Gasteiger charge is 2.04. The summed E-state index contributed by atoms with van der Waals surface area (Å²) in [6, 6.07) is 24.5. The fourth-order valence-electron chi connectivity index (χ4n) is 3.13. The topological polar surface area (TPSA) is 27.7 Å². The highest BCUT2D eigenvalue weighted by molar-refractivity contribution is 5.35. The fourth-order valence-corrected chi connectivity index (χ4v) is 3.13. The zero-order valence-corrected chi connectivity index (χ0v) is 21.9. The van der Waals surface area contributed by atoms with Crippen LogP contribution in [0.4, 0.5) is 0 Å². The molecule has 0 unspecified atom stereocenters. The molecule has 0 spiro atoms. The number of para-hydroxylation sites is 1. The Labute approximate surface area is 201 Å². The number of hydrogen-bond donors (Lipinski definition) is 0. The minimum Gasteiger partial charge on any atom is -0.497 e. The summed E-state index contributed by atoms with van der Waals surface area (Å²) in [4.78, 5) is 0. The van der Waals surface area contributed by atoms with Crippen molar-refractivity contribution in [3.63, 3.8) is 0 Å². The van der Waals surface area contributed by atoms with Crippen LogP contribution in [0.1, 0.15) is 76.0 Å². The van der Waals surface area contributed by atoms with Crippen molar-refractivity contribution in [3.8, 4) is 17.2 Å². The van der Waals surface area contributed by atoms with Crippen LogP contribution in [0.15, 0.2) is 72.8 Å². The van der Waals surface area contributed by atoms with Gasteiger partial charge < -0.3 is 14.2 Å². The molecule has 180 valence electrons. The van der Waals surface area contributed by atoms with Crippen LogP contribution in [0.5, 0.6) is 17.2 Å². The van der Waals surface area contributed by atoms with Gasteiger partial charge >= 0.3 is 0 Å². The molecule has 0 aromatic heterocycles. The third kappa shape index (κ3) is 10.0. The predicted molar refractivity (Wildman–Crippen MR) is 141 cm³/mol. The first-order valence-electron chi connectivity index (χ1n) is 11.6. The SMILES string of the molecule is COc1ccc(C(C)C)cc1.COc1cccc(C(C)C)c1.COc1ccccc1C(C)C. The highest BCUT2D eigenvalue weighted by Crippen LogP contribution is 2.25. The molecule has 0 radical (unpaired) electrons. The maximum absolute atomic E-state index is 5.21. The molecule has 0 bridgehead atoms. The maximum Gasteiger partial charge on any atom is 0.122 e. The van der Waals surface area contributed by atoms with E-state index in [1.165, 1.54) is 16.7 Å². The molecule has 3 aromatic carbocycles.